The van der Waals surface area contributed by atoms with Crippen molar-refractivity contribution in [2.45, 2.75) is 13.8 Å². The number of amides is 2. The second-order valence-electron chi connectivity index (χ2n) is 10.4. The quantitative estimate of drug-likeness (QED) is 0.115. The second kappa shape index (κ2) is 16.2. The van der Waals surface area contributed by atoms with Gasteiger partial charge in [-0.2, -0.15) is 0 Å². The van der Waals surface area contributed by atoms with Crippen LogP contribution in [0.4, 0.5) is 22.7 Å². The van der Waals surface area contributed by atoms with Crippen molar-refractivity contribution in [2.75, 3.05) is 35.4 Å². The molecule has 0 saturated carbocycles. The van der Waals surface area contributed by atoms with Crippen molar-refractivity contribution in [1.29, 1.82) is 0 Å². The summed E-state index contributed by atoms with van der Waals surface area (Å²) < 4.78 is 5.82. The van der Waals surface area contributed by atoms with E-state index in [-0.39, 0.29) is 23.4 Å². The molecule has 0 saturated heterocycles. The Morgan fingerprint density at radius 1 is 0.447 bits per heavy atom. The number of ether oxygens (including phenoxy) is 1. The first-order valence-electron chi connectivity index (χ1n) is 14.8. The fourth-order valence-corrected chi connectivity index (χ4v) is 4.30. The Labute approximate surface area is 274 Å². The Kier molecular flexibility index (Phi) is 11.6. The summed E-state index contributed by atoms with van der Waals surface area (Å²) in [6, 6.07) is 35.4. The van der Waals surface area contributed by atoms with Crippen LogP contribution in [-0.4, -0.2) is 37.5 Å². The molecule has 5 aromatic rings. The van der Waals surface area contributed by atoms with E-state index in [4.69, 9.17) is 4.74 Å². The molecular formula is C38H36N4O5. The van der Waals surface area contributed by atoms with Gasteiger partial charge in [0.1, 0.15) is 11.5 Å². The van der Waals surface area contributed by atoms with Gasteiger partial charge in [0.15, 0.2) is 11.6 Å². The molecule has 0 heterocycles. The summed E-state index contributed by atoms with van der Waals surface area (Å²) in [5.74, 6) is 0.923. The minimum atomic E-state index is -0.236. The number of Topliss-reactive ketones (excluding diaryl/α,β-unsaturated/α-hetero) is 2. The van der Waals surface area contributed by atoms with Crippen molar-refractivity contribution in [3.8, 4) is 11.5 Å². The van der Waals surface area contributed by atoms with E-state index in [2.05, 4.69) is 21.3 Å². The summed E-state index contributed by atoms with van der Waals surface area (Å²) in [6.45, 7) is 2.99. The van der Waals surface area contributed by atoms with Crippen LogP contribution in [0.25, 0.3) is 0 Å². The van der Waals surface area contributed by atoms with E-state index >= 15 is 0 Å². The molecule has 0 radical (unpaired) electrons. The van der Waals surface area contributed by atoms with Gasteiger partial charge < -0.3 is 26.0 Å². The fourth-order valence-electron chi connectivity index (χ4n) is 4.30. The third-order valence-electron chi connectivity index (χ3n) is 7.01. The first kappa shape index (κ1) is 33.7. The fraction of sp³-hybridized carbons (Fsp3) is 0.105. The van der Waals surface area contributed by atoms with Gasteiger partial charge in [-0.1, -0.05) is 30.3 Å². The molecule has 0 spiro atoms. The Hall–Kier alpha value is -6.22. The van der Waals surface area contributed by atoms with Crippen LogP contribution in [0.3, 0.4) is 0 Å². The Morgan fingerprint density at radius 2 is 0.851 bits per heavy atom. The van der Waals surface area contributed by atoms with E-state index in [1.165, 1.54) is 13.8 Å². The lowest BCUT2D eigenvalue weighted by Crippen LogP contribution is -2.12. The van der Waals surface area contributed by atoms with Gasteiger partial charge in [-0.3, -0.25) is 19.2 Å². The highest BCUT2D eigenvalue weighted by Gasteiger charge is 2.09. The molecule has 9 heteroatoms. The lowest BCUT2D eigenvalue weighted by atomic mass is 10.1. The Balaban J connectivity index is 0.000000223. The minimum absolute atomic E-state index is 0.0142. The molecule has 0 aliphatic carbocycles. The number of anilines is 4. The van der Waals surface area contributed by atoms with Gasteiger partial charge in [-0.15, -0.1) is 0 Å². The maximum Gasteiger partial charge on any atom is 0.255 e. The SMILES string of the molecule is CNc1ccc(NC(=O)c2ccc(C(C)=O)cc2)cc1.CNc1cccc(Oc2ccc(NC(=O)c3ccc(C(C)=O)cc3)cc2)c1. The van der Waals surface area contributed by atoms with Gasteiger partial charge >= 0.3 is 0 Å². The van der Waals surface area contributed by atoms with Crippen molar-refractivity contribution in [3.05, 3.63) is 144 Å². The molecule has 0 fully saturated rings. The summed E-state index contributed by atoms with van der Waals surface area (Å²) >= 11 is 0. The van der Waals surface area contributed by atoms with Crippen LogP contribution in [-0.2, 0) is 0 Å². The number of benzene rings is 5. The molecule has 0 atom stereocenters. The van der Waals surface area contributed by atoms with Gasteiger partial charge in [-0.25, -0.2) is 0 Å². The molecule has 0 bridgehead atoms. The molecule has 47 heavy (non-hydrogen) atoms. The van der Waals surface area contributed by atoms with Crippen LogP contribution in [0.15, 0.2) is 121 Å². The van der Waals surface area contributed by atoms with E-state index in [1.54, 1.807) is 72.8 Å². The third kappa shape index (κ3) is 9.89. The van der Waals surface area contributed by atoms with Gasteiger partial charge in [-0.05, 0) is 98.8 Å². The number of rotatable bonds is 10. The Morgan fingerprint density at radius 3 is 1.28 bits per heavy atom. The average molecular weight is 629 g/mol. The summed E-state index contributed by atoms with van der Waals surface area (Å²) in [6.07, 6.45) is 0. The van der Waals surface area contributed by atoms with Crippen molar-refractivity contribution >= 4 is 46.1 Å². The Bertz CT molecular complexity index is 1830. The zero-order valence-electron chi connectivity index (χ0n) is 26.6. The van der Waals surface area contributed by atoms with E-state index in [1.807, 2.05) is 62.6 Å². The number of hydrogen-bond donors (Lipinski definition) is 4. The van der Waals surface area contributed by atoms with Crippen LogP contribution in [0, 0.1) is 0 Å². The molecule has 4 N–H and O–H groups in total. The summed E-state index contributed by atoms with van der Waals surface area (Å²) in [5.41, 5.74) is 5.52. The van der Waals surface area contributed by atoms with E-state index in [0.29, 0.717) is 33.7 Å². The predicted octanol–water partition coefficient (Wildman–Crippen LogP) is 8.16. The molecule has 238 valence electrons. The van der Waals surface area contributed by atoms with Crippen LogP contribution < -0.4 is 26.0 Å². The monoisotopic (exact) mass is 628 g/mol. The van der Waals surface area contributed by atoms with Gasteiger partial charge in [0, 0.05) is 65.2 Å². The van der Waals surface area contributed by atoms with Crippen molar-refractivity contribution in [2.24, 2.45) is 0 Å². The summed E-state index contributed by atoms with van der Waals surface area (Å²) in [5, 5.41) is 11.7. The van der Waals surface area contributed by atoms with Crippen LogP contribution in [0.5, 0.6) is 11.5 Å². The van der Waals surface area contributed by atoms with E-state index < -0.39 is 0 Å². The molecule has 0 aromatic heterocycles. The summed E-state index contributed by atoms with van der Waals surface area (Å²) in [4.78, 5) is 46.8. The highest BCUT2D eigenvalue weighted by molar-refractivity contribution is 6.06. The molecule has 0 aliphatic rings. The molecular weight excluding hydrogens is 592 g/mol. The highest BCUT2D eigenvalue weighted by atomic mass is 16.5. The topological polar surface area (TPSA) is 126 Å². The lowest BCUT2D eigenvalue weighted by molar-refractivity contribution is 0.100. The zero-order chi connectivity index (χ0) is 33.8. The van der Waals surface area contributed by atoms with Gasteiger partial charge in [0.2, 0.25) is 0 Å². The number of nitrogens with one attached hydrogen (secondary N) is 4. The number of ketones is 2. The molecule has 0 aliphatic heterocycles. The van der Waals surface area contributed by atoms with Crippen molar-refractivity contribution in [1.82, 2.24) is 0 Å². The second-order valence-corrected chi connectivity index (χ2v) is 10.4. The first-order valence-corrected chi connectivity index (χ1v) is 14.8. The first-order chi connectivity index (χ1) is 22.6. The average Bonchev–Trinajstić information content (AvgIpc) is 3.10. The summed E-state index contributed by atoms with van der Waals surface area (Å²) in [7, 11) is 3.69. The van der Waals surface area contributed by atoms with E-state index in [0.717, 1.165) is 22.8 Å². The lowest BCUT2D eigenvalue weighted by Gasteiger charge is -2.09. The van der Waals surface area contributed by atoms with Crippen molar-refractivity contribution < 1.29 is 23.9 Å². The molecule has 5 rings (SSSR count). The molecule has 9 nitrogen and oxygen atoms in total. The standard InChI is InChI=1S/C22H20N2O3.C16H16N2O2/c1-15(25)16-6-8-17(9-7-16)22(26)24-18-10-12-20(13-11-18)27-21-5-3-4-19(14-21)23-2;1-11(19)12-3-5-13(6-4-12)16(20)18-15-9-7-14(17-2)8-10-15/h3-14,23H,1-2H3,(H,24,26);3-10,17H,1-2H3,(H,18,20). The normalized spacial score (nSPS) is 10.0. The number of hydrogen-bond acceptors (Lipinski definition) is 7. The number of carbonyl (C=O) groups excluding carboxylic acids is 4. The predicted molar refractivity (Wildman–Crippen MR) is 187 cm³/mol. The van der Waals surface area contributed by atoms with Crippen LogP contribution in [0.1, 0.15) is 55.3 Å². The van der Waals surface area contributed by atoms with Gasteiger partial charge in [0.25, 0.3) is 11.8 Å². The third-order valence-corrected chi connectivity index (χ3v) is 7.01. The van der Waals surface area contributed by atoms with Gasteiger partial charge in [0.05, 0.1) is 0 Å². The maximum atomic E-state index is 12.3. The minimum Gasteiger partial charge on any atom is -0.457 e. The zero-order valence-corrected chi connectivity index (χ0v) is 26.6. The largest absolute Gasteiger partial charge is 0.457 e. The maximum absolute atomic E-state index is 12.3. The molecule has 5 aromatic carbocycles. The van der Waals surface area contributed by atoms with Crippen LogP contribution in [0.2, 0.25) is 0 Å². The smallest absolute Gasteiger partial charge is 0.255 e. The number of carbonyl (C=O) groups is 4. The molecule has 0 unspecified atom stereocenters. The van der Waals surface area contributed by atoms with Crippen LogP contribution >= 0.6 is 0 Å². The van der Waals surface area contributed by atoms with E-state index in [9.17, 15) is 19.2 Å². The van der Waals surface area contributed by atoms with Crippen molar-refractivity contribution in [3.63, 3.8) is 0 Å². The highest BCUT2D eigenvalue weighted by Crippen LogP contribution is 2.25. The molecule has 2 amide bonds.